The van der Waals surface area contributed by atoms with Crippen LogP contribution in [0.5, 0.6) is 0 Å². The van der Waals surface area contributed by atoms with Crippen molar-refractivity contribution in [2.24, 2.45) is 0 Å². The molecule has 0 bridgehead atoms. The summed E-state index contributed by atoms with van der Waals surface area (Å²) in [5, 5.41) is 9.66. The second-order valence-electron chi connectivity index (χ2n) is 2.97. The second-order valence-corrected chi connectivity index (χ2v) is 2.97. The van der Waals surface area contributed by atoms with E-state index in [0.29, 0.717) is 5.56 Å². The number of pyridine rings is 1. The Hall–Kier alpha value is -1.42. The highest BCUT2D eigenvalue weighted by Crippen LogP contribution is 2.18. The molecule has 1 rings (SSSR count). The summed E-state index contributed by atoms with van der Waals surface area (Å²) in [6.45, 7) is 1.79. The van der Waals surface area contributed by atoms with Crippen LogP contribution in [0.25, 0.3) is 0 Å². The molecule has 14 heavy (non-hydrogen) atoms. The lowest BCUT2D eigenvalue weighted by Gasteiger charge is -2.10. The van der Waals surface area contributed by atoms with Gasteiger partial charge in [0.25, 0.3) is 0 Å². The van der Waals surface area contributed by atoms with Gasteiger partial charge >= 0.3 is 5.97 Å². The largest absolute Gasteiger partial charge is 0.469 e. The summed E-state index contributed by atoms with van der Waals surface area (Å²) < 4.78 is 4.46. The van der Waals surface area contributed by atoms with Gasteiger partial charge in [0.2, 0.25) is 0 Å². The minimum Gasteiger partial charge on any atom is -0.469 e. The number of aromatic nitrogens is 1. The van der Waals surface area contributed by atoms with Crippen LogP contribution in [0.15, 0.2) is 18.3 Å². The molecule has 0 aliphatic carbocycles. The van der Waals surface area contributed by atoms with Crippen molar-refractivity contribution >= 4 is 5.97 Å². The Balaban J connectivity index is 2.74. The van der Waals surface area contributed by atoms with E-state index in [9.17, 15) is 9.90 Å². The zero-order valence-corrected chi connectivity index (χ0v) is 8.23. The predicted molar refractivity (Wildman–Crippen MR) is 50.6 cm³/mol. The zero-order chi connectivity index (χ0) is 10.6. The number of esters is 1. The molecule has 76 valence electrons. The minimum absolute atomic E-state index is 0.0387. The zero-order valence-electron chi connectivity index (χ0n) is 8.23. The normalized spacial score (nSPS) is 12.2. The maximum absolute atomic E-state index is 10.9. The Morgan fingerprint density at radius 3 is 3.00 bits per heavy atom. The Kier molecular flexibility index (Phi) is 3.59. The fourth-order valence-corrected chi connectivity index (χ4v) is 1.20. The van der Waals surface area contributed by atoms with Crippen LogP contribution >= 0.6 is 0 Å². The minimum atomic E-state index is -0.837. The van der Waals surface area contributed by atoms with Gasteiger partial charge in [-0.2, -0.15) is 0 Å². The van der Waals surface area contributed by atoms with Crippen LogP contribution in [0.2, 0.25) is 0 Å². The Morgan fingerprint density at radius 2 is 2.43 bits per heavy atom. The van der Waals surface area contributed by atoms with Gasteiger partial charge in [-0.25, -0.2) is 0 Å². The fourth-order valence-electron chi connectivity index (χ4n) is 1.20. The fraction of sp³-hybridized carbons (Fsp3) is 0.400. The van der Waals surface area contributed by atoms with Crippen LogP contribution in [0.4, 0.5) is 0 Å². The smallest absolute Gasteiger partial charge is 0.308 e. The number of aliphatic hydroxyl groups is 1. The van der Waals surface area contributed by atoms with Gasteiger partial charge in [-0.15, -0.1) is 0 Å². The predicted octanol–water partition coefficient (Wildman–Crippen LogP) is 0.987. The molecule has 0 radical (unpaired) electrons. The molecule has 1 heterocycles. The molecule has 1 aromatic rings. The van der Waals surface area contributed by atoms with E-state index in [-0.39, 0.29) is 6.42 Å². The lowest BCUT2D eigenvalue weighted by atomic mass is 10.1. The van der Waals surface area contributed by atoms with Crippen LogP contribution in [0.3, 0.4) is 0 Å². The van der Waals surface area contributed by atoms with Crippen LogP contribution in [0.1, 0.15) is 23.8 Å². The van der Waals surface area contributed by atoms with E-state index in [1.165, 1.54) is 7.11 Å². The maximum Gasteiger partial charge on any atom is 0.308 e. The third-order valence-electron chi connectivity index (χ3n) is 1.99. The molecule has 0 saturated carbocycles. The van der Waals surface area contributed by atoms with Gasteiger partial charge in [0, 0.05) is 17.5 Å². The number of aryl methyl sites for hydroxylation is 1. The number of carbonyl (C=O) groups excluding carboxylic acids is 1. The molecule has 1 atom stereocenters. The highest BCUT2D eigenvalue weighted by molar-refractivity contribution is 5.70. The molecule has 0 saturated heterocycles. The van der Waals surface area contributed by atoms with Gasteiger partial charge in [0.15, 0.2) is 0 Å². The first kappa shape index (κ1) is 10.7. The summed E-state index contributed by atoms with van der Waals surface area (Å²) in [6, 6.07) is 3.47. The van der Waals surface area contributed by atoms with E-state index in [4.69, 9.17) is 0 Å². The molecule has 4 heteroatoms. The van der Waals surface area contributed by atoms with Crippen molar-refractivity contribution in [1.82, 2.24) is 4.98 Å². The lowest BCUT2D eigenvalue weighted by molar-refractivity contribution is -0.142. The van der Waals surface area contributed by atoms with Gasteiger partial charge in [0.05, 0.1) is 19.6 Å². The molecule has 1 N–H and O–H groups in total. The first-order valence-corrected chi connectivity index (χ1v) is 4.31. The summed E-state index contributed by atoms with van der Waals surface area (Å²) in [6.07, 6.45) is 0.767. The molecule has 1 aromatic heterocycles. The number of aliphatic hydroxyl groups excluding tert-OH is 1. The third kappa shape index (κ3) is 2.53. The Labute approximate surface area is 82.5 Å². The quantitative estimate of drug-likeness (QED) is 0.730. The average Bonchev–Trinajstić information content (AvgIpc) is 2.18. The highest BCUT2D eigenvalue weighted by Gasteiger charge is 2.15. The first-order valence-electron chi connectivity index (χ1n) is 4.31. The maximum atomic E-state index is 10.9. The summed E-state index contributed by atoms with van der Waals surface area (Å²) in [4.78, 5) is 14.9. The number of ether oxygens (including phenoxy) is 1. The van der Waals surface area contributed by atoms with Gasteiger partial charge in [-0.05, 0) is 13.0 Å². The molecule has 0 spiro atoms. The first-order chi connectivity index (χ1) is 6.65. The Morgan fingerprint density at radius 1 is 1.71 bits per heavy atom. The second kappa shape index (κ2) is 4.72. The van der Waals surface area contributed by atoms with E-state index < -0.39 is 12.1 Å². The molecular weight excluding hydrogens is 182 g/mol. The number of carbonyl (C=O) groups is 1. The molecular formula is C10H13NO3. The summed E-state index contributed by atoms with van der Waals surface area (Å²) >= 11 is 0. The number of nitrogens with zero attached hydrogens (tertiary/aromatic N) is 1. The van der Waals surface area contributed by atoms with E-state index >= 15 is 0 Å². The Bertz CT molecular complexity index is 325. The van der Waals surface area contributed by atoms with Crippen LogP contribution in [-0.4, -0.2) is 23.2 Å². The van der Waals surface area contributed by atoms with Gasteiger partial charge < -0.3 is 9.84 Å². The van der Waals surface area contributed by atoms with Crippen LogP contribution in [-0.2, 0) is 9.53 Å². The van der Waals surface area contributed by atoms with Crippen LogP contribution in [0, 0.1) is 6.92 Å². The van der Waals surface area contributed by atoms with Crippen molar-refractivity contribution in [3.63, 3.8) is 0 Å². The number of rotatable bonds is 3. The molecule has 0 amide bonds. The summed E-state index contributed by atoms with van der Waals surface area (Å²) in [5.41, 5.74) is 1.39. The molecule has 0 fully saturated rings. The van der Waals surface area contributed by atoms with E-state index in [2.05, 4.69) is 9.72 Å². The molecule has 0 aromatic carbocycles. The number of hydrogen-bond acceptors (Lipinski definition) is 4. The highest BCUT2D eigenvalue weighted by atomic mass is 16.5. The molecule has 0 aliphatic rings. The average molecular weight is 195 g/mol. The monoisotopic (exact) mass is 195 g/mol. The van der Waals surface area contributed by atoms with Gasteiger partial charge in [-0.1, -0.05) is 6.07 Å². The van der Waals surface area contributed by atoms with Crippen LogP contribution < -0.4 is 0 Å². The molecule has 0 unspecified atom stereocenters. The van der Waals surface area contributed by atoms with Gasteiger partial charge in [0.1, 0.15) is 0 Å². The van der Waals surface area contributed by atoms with Crippen molar-refractivity contribution in [3.8, 4) is 0 Å². The summed E-state index contributed by atoms with van der Waals surface area (Å²) in [5.74, 6) is -0.430. The van der Waals surface area contributed by atoms with Gasteiger partial charge in [-0.3, -0.25) is 9.78 Å². The third-order valence-corrected chi connectivity index (χ3v) is 1.99. The topological polar surface area (TPSA) is 59.4 Å². The number of methoxy groups -OCH3 is 1. The number of hydrogen-bond donors (Lipinski definition) is 1. The van der Waals surface area contributed by atoms with Crippen molar-refractivity contribution in [3.05, 3.63) is 29.6 Å². The van der Waals surface area contributed by atoms with E-state index in [1.807, 2.05) is 0 Å². The van der Waals surface area contributed by atoms with E-state index in [0.717, 1.165) is 5.69 Å². The van der Waals surface area contributed by atoms with E-state index in [1.54, 1.807) is 25.3 Å². The summed E-state index contributed by atoms with van der Waals surface area (Å²) in [7, 11) is 1.30. The SMILES string of the molecule is COC(=O)C[C@@H](O)c1cccnc1C. The van der Waals surface area contributed by atoms with Crippen molar-refractivity contribution in [2.45, 2.75) is 19.4 Å². The van der Waals surface area contributed by atoms with Crippen molar-refractivity contribution in [2.75, 3.05) is 7.11 Å². The van der Waals surface area contributed by atoms with Crippen molar-refractivity contribution < 1.29 is 14.6 Å². The van der Waals surface area contributed by atoms with Crippen molar-refractivity contribution in [1.29, 1.82) is 0 Å². The standard InChI is InChI=1S/C10H13NO3/c1-7-8(4-3-5-11-7)9(12)6-10(13)14-2/h3-5,9,12H,6H2,1-2H3/t9-/m1/s1. The molecule has 0 aliphatic heterocycles. The lowest BCUT2D eigenvalue weighted by Crippen LogP contribution is -2.09. The molecule has 4 nitrogen and oxygen atoms in total.